The minimum Gasteiger partial charge on any atom is -0.356 e. The number of para-hydroxylation sites is 1. The average molecular weight is 491 g/mol. The van der Waals surface area contributed by atoms with Crippen LogP contribution >= 0.6 is 0 Å². The Balaban J connectivity index is 1.34. The molecule has 0 radical (unpaired) electrons. The van der Waals surface area contributed by atoms with Crippen LogP contribution in [0.15, 0.2) is 30.5 Å². The lowest BCUT2D eigenvalue weighted by atomic mass is 9.78. The molecule has 5 heterocycles. The molecule has 1 aromatic heterocycles. The minimum absolute atomic E-state index is 0.00988. The number of fused-ring (bicyclic) bond motifs is 4. The summed E-state index contributed by atoms with van der Waals surface area (Å²) in [6.45, 7) is 4.64. The number of aryl methyl sites for hydroxylation is 2. The molecule has 2 bridgehead atoms. The maximum Gasteiger partial charge on any atom is 0.253 e. The van der Waals surface area contributed by atoms with Crippen LogP contribution in [0.3, 0.4) is 0 Å². The van der Waals surface area contributed by atoms with E-state index >= 15 is 0 Å². The first-order valence-corrected chi connectivity index (χ1v) is 13.1. The van der Waals surface area contributed by atoms with Crippen molar-refractivity contribution in [2.45, 2.75) is 50.6 Å². The summed E-state index contributed by atoms with van der Waals surface area (Å²) in [7, 11) is 1.85. The molecule has 3 atom stereocenters. The number of amides is 3. The Morgan fingerprint density at radius 1 is 1.14 bits per heavy atom. The van der Waals surface area contributed by atoms with Crippen LogP contribution in [0.1, 0.15) is 42.5 Å². The fourth-order valence-corrected chi connectivity index (χ4v) is 7.07. The van der Waals surface area contributed by atoms with E-state index in [1.807, 2.05) is 54.2 Å². The largest absolute Gasteiger partial charge is 0.356 e. The summed E-state index contributed by atoms with van der Waals surface area (Å²) >= 11 is 0. The molecule has 1 aromatic carbocycles. The molecule has 2 aromatic rings. The van der Waals surface area contributed by atoms with Crippen LogP contribution in [0.2, 0.25) is 0 Å². The van der Waals surface area contributed by atoms with Gasteiger partial charge in [-0.25, -0.2) is 0 Å². The van der Waals surface area contributed by atoms with E-state index < -0.39 is 11.5 Å². The summed E-state index contributed by atoms with van der Waals surface area (Å²) < 4.78 is 1.73. The van der Waals surface area contributed by atoms with Gasteiger partial charge in [0, 0.05) is 62.3 Å². The Labute approximate surface area is 211 Å². The third-order valence-corrected chi connectivity index (χ3v) is 8.64. The number of nitrogens with one attached hydrogen (secondary N) is 1. The first kappa shape index (κ1) is 23.2. The number of anilines is 1. The number of aromatic nitrogens is 2. The van der Waals surface area contributed by atoms with E-state index in [0.717, 1.165) is 48.3 Å². The predicted octanol–water partition coefficient (Wildman–Crippen LogP) is 1.35. The van der Waals surface area contributed by atoms with E-state index in [4.69, 9.17) is 0 Å². The minimum atomic E-state index is -0.942. The van der Waals surface area contributed by atoms with Crippen molar-refractivity contribution >= 4 is 23.4 Å². The fraction of sp³-hybridized carbons (Fsp3) is 0.556. The van der Waals surface area contributed by atoms with Crippen LogP contribution in [0.4, 0.5) is 5.69 Å². The van der Waals surface area contributed by atoms with Crippen molar-refractivity contribution in [2.24, 2.45) is 13.0 Å². The molecule has 1 spiro atoms. The summed E-state index contributed by atoms with van der Waals surface area (Å²) in [4.78, 5) is 47.3. The Kier molecular flexibility index (Phi) is 5.63. The summed E-state index contributed by atoms with van der Waals surface area (Å²) in [6, 6.07) is 8.20. The highest BCUT2D eigenvalue weighted by Gasteiger charge is 2.67. The summed E-state index contributed by atoms with van der Waals surface area (Å²) in [5, 5.41) is 7.49. The molecule has 36 heavy (non-hydrogen) atoms. The van der Waals surface area contributed by atoms with E-state index in [1.54, 1.807) is 4.68 Å². The Morgan fingerprint density at radius 2 is 1.97 bits per heavy atom. The Hall–Kier alpha value is -3.20. The highest BCUT2D eigenvalue weighted by molar-refractivity contribution is 6.11. The molecule has 0 aliphatic carbocycles. The third-order valence-electron chi connectivity index (χ3n) is 8.64. The molecular weight excluding hydrogens is 456 g/mol. The first-order valence-electron chi connectivity index (χ1n) is 13.1. The zero-order valence-electron chi connectivity index (χ0n) is 21.1. The van der Waals surface area contributed by atoms with Crippen molar-refractivity contribution in [1.82, 2.24) is 24.9 Å². The zero-order chi connectivity index (χ0) is 25.0. The highest BCUT2D eigenvalue weighted by atomic mass is 16.2. The summed E-state index contributed by atoms with van der Waals surface area (Å²) in [6.07, 6.45) is 5.63. The maximum atomic E-state index is 14.4. The monoisotopic (exact) mass is 490 g/mol. The van der Waals surface area contributed by atoms with Gasteiger partial charge in [0.1, 0.15) is 5.54 Å². The lowest BCUT2D eigenvalue weighted by Crippen LogP contribution is -2.57. The quantitative estimate of drug-likeness (QED) is 0.686. The van der Waals surface area contributed by atoms with Gasteiger partial charge in [0.15, 0.2) is 0 Å². The number of hydrogen-bond acceptors (Lipinski definition) is 5. The van der Waals surface area contributed by atoms with E-state index in [9.17, 15) is 14.4 Å². The van der Waals surface area contributed by atoms with Gasteiger partial charge >= 0.3 is 0 Å². The lowest BCUT2D eigenvalue weighted by molar-refractivity contribution is -0.139. The van der Waals surface area contributed by atoms with Crippen LogP contribution in [-0.4, -0.2) is 76.1 Å². The molecule has 0 unspecified atom stereocenters. The van der Waals surface area contributed by atoms with Gasteiger partial charge in [0.2, 0.25) is 11.8 Å². The van der Waals surface area contributed by atoms with Gasteiger partial charge in [-0.1, -0.05) is 18.2 Å². The molecular formula is C27H34N6O3. The molecule has 9 nitrogen and oxygen atoms in total. The number of hydrogen-bond donors (Lipinski definition) is 1. The second kappa shape index (κ2) is 8.73. The van der Waals surface area contributed by atoms with E-state index in [2.05, 4.69) is 15.3 Å². The van der Waals surface area contributed by atoms with Gasteiger partial charge in [-0.2, -0.15) is 5.10 Å². The molecule has 4 aliphatic heterocycles. The molecule has 3 saturated heterocycles. The van der Waals surface area contributed by atoms with E-state index in [-0.39, 0.29) is 30.2 Å². The standard InChI is InChI=1S/C27H34N6O3/c1-18-19(17-30(2)29-18)15-24(34)31-11-6-10-28-25(35)22-16-20-7-5-12-33(20)27(22)21-8-3-4-9-23(21)32(14-13-31)26(27)36/h3-4,8-9,17,20,22H,5-7,10-16H2,1-2H3,(H,28,35)/t20-,22+,27+/m0/s1. The Morgan fingerprint density at radius 3 is 2.78 bits per heavy atom. The number of carbonyl (C=O) groups is 3. The predicted molar refractivity (Wildman–Crippen MR) is 134 cm³/mol. The van der Waals surface area contributed by atoms with Gasteiger partial charge in [-0.05, 0) is 45.2 Å². The van der Waals surface area contributed by atoms with Gasteiger partial charge in [-0.15, -0.1) is 0 Å². The number of nitrogens with zero attached hydrogens (tertiary/aromatic N) is 5. The van der Waals surface area contributed by atoms with Crippen LogP contribution < -0.4 is 10.2 Å². The van der Waals surface area contributed by atoms with Crippen molar-refractivity contribution in [3.63, 3.8) is 0 Å². The topological polar surface area (TPSA) is 90.8 Å². The van der Waals surface area contributed by atoms with Crippen molar-refractivity contribution in [3.8, 4) is 0 Å². The smallest absolute Gasteiger partial charge is 0.253 e. The van der Waals surface area contributed by atoms with E-state index in [0.29, 0.717) is 32.6 Å². The van der Waals surface area contributed by atoms with Crippen molar-refractivity contribution < 1.29 is 14.4 Å². The van der Waals surface area contributed by atoms with Crippen molar-refractivity contribution in [1.29, 1.82) is 0 Å². The maximum absolute atomic E-state index is 14.4. The van der Waals surface area contributed by atoms with Gasteiger partial charge in [0.05, 0.1) is 18.0 Å². The van der Waals surface area contributed by atoms with Gasteiger partial charge < -0.3 is 15.1 Å². The fourth-order valence-electron chi connectivity index (χ4n) is 7.07. The van der Waals surface area contributed by atoms with Gasteiger partial charge in [0.25, 0.3) is 5.91 Å². The average Bonchev–Trinajstić information content (AvgIpc) is 3.58. The molecule has 0 saturated carbocycles. The number of rotatable bonds is 2. The summed E-state index contributed by atoms with van der Waals surface area (Å²) in [5.41, 5.74) is 2.65. The molecule has 190 valence electrons. The molecule has 1 N–H and O–H groups in total. The summed E-state index contributed by atoms with van der Waals surface area (Å²) in [5.74, 6) is -0.433. The molecule has 6 rings (SSSR count). The first-order chi connectivity index (χ1) is 17.4. The van der Waals surface area contributed by atoms with Gasteiger partial charge in [-0.3, -0.25) is 24.0 Å². The lowest BCUT2D eigenvalue weighted by Gasteiger charge is -2.38. The van der Waals surface area contributed by atoms with Crippen LogP contribution in [-0.2, 0) is 33.4 Å². The molecule has 9 heteroatoms. The van der Waals surface area contributed by atoms with Crippen molar-refractivity contribution in [2.75, 3.05) is 37.6 Å². The Bertz CT molecular complexity index is 1220. The highest BCUT2D eigenvalue weighted by Crippen LogP contribution is 2.56. The normalized spacial score (nSPS) is 28.3. The van der Waals surface area contributed by atoms with E-state index in [1.165, 1.54) is 0 Å². The third kappa shape index (κ3) is 3.39. The molecule has 3 amide bonds. The SMILES string of the molecule is Cc1nn(C)cc1CC(=O)N1CCCNC(=O)[C@H]2C[C@@H]3CCCN3[C@@]23C(=O)N(CC1)c1ccccc13. The van der Waals surface area contributed by atoms with Crippen LogP contribution in [0.25, 0.3) is 0 Å². The zero-order valence-corrected chi connectivity index (χ0v) is 21.1. The van der Waals surface area contributed by atoms with Crippen LogP contribution in [0, 0.1) is 12.8 Å². The second-order valence-electron chi connectivity index (χ2n) is 10.6. The van der Waals surface area contributed by atoms with Crippen LogP contribution in [0.5, 0.6) is 0 Å². The molecule has 4 aliphatic rings. The number of carbonyl (C=O) groups excluding carboxylic acids is 3. The second-order valence-corrected chi connectivity index (χ2v) is 10.6. The number of benzene rings is 1. The van der Waals surface area contributed by atoms with Crippen molar-refractivity contribution in [3.05, 3.63) is 47.3 Å². The molecule has 3 fully saturated rings.